The minimum Gasteiger partial charge on any atom is -0.488 e. The lowest BCUT2D eigenvalue weighted by Gasteiger charge is -2.28. The summed E-state index contributed by atoms with van der Waals surface area (Å²) in [5.74, 6) is -1.57. The number of ether oxygens (including phenoxy) is 1. The van der Waals surface area contributed by atoms with Gasteiger partial charge in [0.1, 0.15) is 23.7 Å². The smallest absolute Gasteiger partial charge is 0.335 e. The Morgan fingerprint density at radius 1 is 0.892 bits per heavy atom. The standard InChI is InChI=1S/C30H23FN2O4/c1-18-8-7-13-26(19(18)2)33-29(35)24(28(34)32-30(33)36)16-23-22-11-5-3-9-20(22)14-15-27(23)37-17-21-10-4-6-12-25(21)31/h3-16H,17H2,1-2H3,(H,32,34,36)/b24-16+. The third-order valence-corrected chi connectivity index (χ3v) is 6.48. The molecular formula is C30H23FN2O4. The molecule has 0 spiro atoms. The first-order chi connectivity index (χ1) is 17.8. The number of imide groups is 2. The number of hydrogen-bond donors (Lipinski definition) is 1. The molecule has 1 heterocycles. The van der Waals surface area contributed by atoms with E-state index in [9.17, 15) is 18.8 Å². The van der Waals surface area contributed by atoms with E-state index in [4.69, 9.17) is 4.74 Å². The molecule has 4 aromatic rings. The summed E-state index contributed by atoms with van der Waals surface area (Å²) in [6, 6.07) is 21.8. The summed E-state index contributed by atoms with van der Waals surface area (Å²) in [4.78, 5) is 40.2. The molecule has 5 rings (SSSR count). The summed E-state index contributed by atoms with van der Waals surface area (Å²) in [5.41, 5.74) is 2.68. The van der Waals surface area contributed by atoms with Crippen molar-refractivity contribution in [2.24, 2.45) is 0 Å². The number of carbonyl (C=O) groups is 3. The number of nitrogens with zero attached hydrogens (tertiary/aromatic N) is 1. The maximum absolute atomic E-state index is 14.2. The second-order valence-corrected chi connectivity index (χ2v) is 8.76. The molecule has 1 aliphatic rings. The van der Waals surface area contributed by atoms with Gasteiger partial charge in [-0.2, -0.15) is 0 Å². The number of benzene rings is 4. The molecule has 184 valence electrons. The molecular weight excluding hydrogens is 471 g/mol. The van der Waals surface area contributed by atoms with Crippen LogP contribution in [0.1, 0.15) is 22.3 Å². The van der Waals surface area contributed by atoms with Crippen LogP contribution in [-0.2, 0) is 16.2 Å². The molecule has 7 heteroatoms. The molecule has 1 fully saturated rings. The highest BCUT2D eigenvalue weighted by molar-refractivity contribution is 6.39. The second-order valence-electron chi connectivity index (χ2n) is 8.76. The molecule has 0 aliphatic carbocycles. The minimum atomic E-state index is -0.810. The lowest BCUT2D eigenvalue weighted by molar-refractivity contribution is -0.122. The van der Waals surface area contributed by atoms with Gasteiger partial charge in [-0.25, -0.2) is 14.1 Å². The van der Waals surface area contributed by atoms with Crippen LogP contribution in [0.15, 0.2) is 84.4 Å². The molecule has 37 heavy (non-hydrogen) atoms. The Morgan fingerprint density at radius 2 is 1.65 bits per heavy atom. The molecule has 4 amide bonds. The number of halogens is 1. The van der Waals surface area contributed by atoms with Crippen molar-refractivity contribution in [2.45, 2.75) is 20.5 Å². The summed E-state index contributed by atoms with van der Waals surface area (Å²) < 4.78 is 20.2. The summed E-state index contributed by atoms with van der Waals surface area (Å²) in [7, 11) is 0. The third kappa shape index (κ3) is 4.47. The van der Waals surface area contributed by atoms with Gasteiger partial charge in [-0.15, -0.1) is 0 Å². The molecule has 0 unspecified atom stereocenters. The molecule has 1 saturated heterocycles. The van der Waals surface area contributed by atoms with Crippen LogP contribution in [0.3, 0.4) is 0 Å². The quantitative estimate of drug-likeness (QED) is 0.279. The Labute approximate surface area is 213 Å². The van der Waals surface area contributed by atoms with E-state index in [1.54, 1.807) is 36.4 Å². The van der Waals surface area contributed by atoms with Gasteiger partial charge >= 0.3 is 6.03 Å². The highest BCUT2D eigenvalue weighted by atomic mass is 19.1. The number of nitrogens with one attached hydrogen (secondary N) is 1. The third-order valence-electron chi connectivity index (χ3n) is 6.48. The van der Waals surface area contributed by atoms with Crippen LogP contribution in [0.25, 0.3) is 16.8 Å². The van der Waals surface area contributed by atoms with Crippen LogP contribution in [-0.4, -0.2) is 17.8 Å². The van der Waals surface area contributed by atoms with Crippen molar-refractivity contribution < 1.29 is 23.5 Å². The maximum atomic E-state index is 14.2. The first-order valence-corrected chi connectivity index (χ1v) is 11.7. The summed E-state index contributed by atoms with van der Waals surface area (Å²) in [6.07, 6.45) is 1.43. The number of hydrogen-bond acceptors (Lipinski definition) is 4. The fourth-order valence-corrected chi connectivity index (χ4v) is 4.32. The normalized spacial score (nSPS) is 14.8. The van der Waals surface area contributed by atoms with E-state index < -0.39 is 23.7 Å². The van der Waals surface area contributed by atoms with Crippen LogP contribution < -0.4 is 15.0 Å². The van der Waals surface area contributed by atoms with Crippen molar-refractivity contribution in [1.82, 2.24) is 5.32 Å². The van der Waals surface area contributed by atoms with Crippen molar-refractivity contribution in [3.63, 3.8) is 0 Å². The van der Waals surface area contributed by atoms with Crippen molar-refractivity contribution in [1.29, 1.82) is 0 Å². The first kappa shape index (κ1) is 23.9. The average molecular weight is 495 g/mol. The molecule has 0 saturated carbocycles. The Morgan fingerprint density at radius 3 is 2.46 bits per heavy atom. The van der Waals surface area contributed by atoms with E-state index in [1.165, 1.54) is 12.1 Å². The second kappa shape index (κ2) is 9.70. The van der Waals surface area contributed by atoms with Gasteiger partial charge in [0.15, 0.2) is 0 Å². The fourth-order valence-electron chi connectivity index (χ4n) is 4.32. The first-order valence-electron chi connectivity index (χ1n) is 11.7. The van der Waals surface area contributed by atoms with Gasteiger partial charge in [-0.05, 0) is 60.0 Å². The molecule has 1 aliphatic heterocycles. The average Bonchev–Trinajstić information content (AvgIpc) is 2.88. The van der Waals surface area contributed by atoms with E-state index in [1.807, 2.05) is 50.2 Å². The van der Waals surface area contributed by atoms with E-state index in [-0.39, 0.29) is 12.2 Å². The van der Waals surface area contributed by atoms with E-state index in [2.05, 4.69) is 5.32 Å². The minimum absolute atomic E-state index is 0.0472. The summed E-state index contributed by atoms with van der Waals surface area (Å²) >= 11 is 0. The number of amides is 4. The SMILES string of the molecule is Cc1cccc(N2C(=O)NC(=O)/C(=C\c3c(OCc4ccccc4F)ccc4ccccc34)C2=O)c1C. The molecule has 0 bridgehead atoms. The lowest BCUT2D eigenvalue weighted by atomic mass is 9.99. The van der Waals surface area contributed by atoms with Gasteiger partial charge in [-0.3, -0.25) is 14.9 Å². The molecule has 4 aromatic carbocycles. The Kier molecular flexibility index (Phi) is 6.27. The van der Waals surface area contributed by atoms with Crippen molar-refractivity contribution >= 4 is 40.4 Å². The summed E-state index contributed by atoms with van der Waals surface area (Å²) in [6.45, 7) is 3.64. The highest BCUT2D eigenvalue weighted by Gasteiger charge is 2.37. The van der Waals surface area contributed by atoms with Gasteiger partial charge < -0.3 is 4.74 Å². The predicted octanol–water partition coefficient (Wildman–Crippen LogP) is 5.84. The van der Waals surface area contributed by atoms with Crippen LogP contribution >= 0.6 is 0 Å². The topological polar surface area (TPSA) is 75.7 Å². The molecule has 0 atom stereocenters. The van der Waals surface area contributed by atoms with E-state index in [0.717, 1.165) is 26.8 Å². The number of urea groups is 1. The number of rotatable bonds is 5. The van der Waals surface area contributed by atoms with Gasteiger partial charge in [0, 0.05) is 11.1 Å². The van der Waals surface area contributed by atoms with Crippen molar-refractivity contribution in [3.05, 3.63) is 113 Å². The van der Waals surface area contributed by atoms with Crippen LogP contribution in [0, 0.1) is 19.7 Å². The van der Waals surface area contributed by atoms with E-state index in [0.29, 0.717) is 22.6 Å². The number of carbonyl (C=O) groups excluding carboxylic acids is 3. The number of anilines is 1. The highest BCUT2D eigenvalue weighted by Crippen LogP contribution is 2.33. The van der Waals surface area contributed by atoms with E-state index >= 15 is 0 Å². The maximum Gasteiger partial charge on any atom is 0.335 e. The van der Waals surface area contributed by atoms with Gasteiger partial charge in [0.05, 0.1) is 5.69 Å². The number of aryl methyl sites for hydroxylation is 1. The number of barbiturate groups is 1. The Hall–Kier alpha value is -4.78. The molecule has 0 aromatic heterocycles. The van der Waals surface area contributed by atoms with Crippen molar-refractivity contribution in [3.8, 4) is 5.75 Å². The number of fused-ring (bicyclic) bond motifs is 1. The van der Waals surface area contributed by atoms with Gasteiger partial charge in [0.2, 0.25) is 0 Å². The monoisotopic (exact) mass is 494 g/mol. The zero-order valence-electron chi connectivity index (χ0n) is 20.2. The zero-order chi connectivity index (χ0) is 26.1. The van der Waals surface area contributed by atoms with Gasteiger partial charge in [-0.1, -0.05) is 60.7 Å². The molecule has 6 nitrogen and oxygen atoms in total. The van der Waals surface area contributed by atoms with Crippen LogP contribution in [0.5, 0.6) is 5.75 Å². The zero-order valence-corrected chi connectivity index (χ0v) is 20.2. The molecule has 0 radical (unpaired) electrons. The van der Waals surface area contributed by atoms with Crippen molar-refractivity contribution in [2.75, 3.05) is 4.90 Å². The Bertz CT molecular complexity index is 1610. The molecule has 1 N–H and O–H groups in total. The van der Waals surface area contributed by atoms with Gasteiger partial charge in [0.25, 0.3) is 11.8 Å². The van der Waals surface area contributed by atoms with Crippen LogP contribution in [0.2, 0.25) is 0 Å². The summed E-state index contributed by atoms with van der Waals surface area (Å²) in [5, 5.41) is 3.87. The Balaban J connectivity index is 1.61. The fraction of sp³-hybridized carbons (Fsp3) is 0.100. The predicted molar refractivity (Wildman–Crippen MR) is 140 cm³/mol. The lowest BCUT2D eigenvalue weighted by Crippen LogP contribution is -2.54. The van der Waals surface area contributed by atoms with Crippen LogP contribution in [0.4, 0.5) is 14.9 Å². The largest absolute Gasteiger partial charge is 0.488 e.